The smallest absolute Gasteiger partial charge is 0.470 e. The summed E-state index contributed by atoms with van der Waals surface area (Å²) in [7, 11) is 0.875. The van der Waals surface area contributed by atoms with Gasteiger partial charge < -0.3 is 4.74 Å². The summed E-state index contributed by atoms with van der Waals surface area (Å²) in [6.07, 6.45) is -4.66. The second-order valence-corrected chi connectivity index (χ2v) is 2.92. The molecule has 0 unspecified atom stereocenters. The highest BCUT2D eigenvalue weighted by Gasteiger charge is 2.38. The molecule has 0 aromatic heterocycles. The van der Waals surface area contributed by atoms with Crippen molar-refractivity contribution in [2.75, 3.05) is 12.5 Å². The molecule has 17 heavy (non-hydrogen) atoms. The number of alkyl halides is 3. The summed E-state index contributed by atoms with van der Waals surface area (Å²) in [6, 6.07) is 7.75. The molecule has 4 nitrogen and oxygen atoms in total. The van der Waals surface area contributed by atoms with Crippen LogP contribution in [0.15, 0.2) is 29.4 Å². The van der Waals surface area contributed by atoms with Gasteiger partial charge in [-0.2, -0.15) is 18.4 Å². The van der Waals surface area contributed by atoms with E-state index in [0.717, 1.165) is 7.11 Å². The number of methoxy groups -OCH3 is 1. The molecule has 1 rings (SSSR count). The van der Waals surface area contributed by atoms with Crippen molar-refractivity contribution in [1.82, 2.24) is 0 Å². The Bertz CT molecular complexity index is 463. The quantitative estimate of drug-likeness (QED) is 0.493. The molecule has 7 heteroatoms. The lowest BCUT2D eigenvalue weighted by Crippen LogP contribution is -2.25. The standard InChI is InChI=1S/C10H8F3N3O/c1-17-9(10(11,12)13)16-15-8-4-2-3-7(5-8)6-14/h2-5,15H,1H3/b16-9-. The van der Waals surface area contributed by atoms with Gasteiger partial charge in [0.05, 0.1) is 24.4 Å². The van der Waals surface area contributed by atoms with Gasteiger partial charge in [0.1, 0.15) is 0 Å². The van der Waals surface area contributed by atoms with Crippen molar-refractivity contribution in [3.63, 3.8) is 0 Å². The number of anilines is 1. The van der Waals surface area contributed by atoms with Crippen molar-refractivity contribution >= 4 is 11.6 Å². The summed E-state index contributed by atoms with van der Waals surface area (Å²) in [4.78, 5) is 0. The molecule has 90 valence electrons. The number of rotatable bonds is 2. The molecular formula is C10H8F3N3O. The van der Waals surface area contributed by atoms with Crippen molar-refractivity contribution in [3.05, 3.63) is 29.8 Å². The van der Waals surface area contributed by atoms with Crippen LogP contribution in [0.5, 0.6) is 0 Å². The maximum atomic E-state index is 12.2. The van der Waals surface area contributed by atoms with Crippen LogP contribution in [0.4, 0.5) is 18.9 Å². The highest BCUT2D eigenvalue weighted by Crippen LogP contribution is 2.18. The topological polar surface area (TPSA) is 57.4 Å². The van der Waals surface area contributed by atoms with E-state index in [4.69, 9.17) is 5.26 Å². The number of nitriles is 1. The molecular weight excluding hydrogens is 235 g/mol. The molecule has 0 fully saturated rings. The zero-order valence-electron chi connectivity index (χ0n) is 8.75. The highest BCUT2D eigenvalue weighted by molar-refractivity contribution is 5.82. The Kier molecular flexibility index (Phi) is 3.93. The number of halogens is 3. The third kappa shape index (κ3) is 3.68. The number of ether oxygens (including phenoxy) is 1. The minimum absolute atomic E-state index is 0.267. The second-order valence-electron chi connectivity index (χ2n) is 2.92. The van der Waals surface area contributed by atoms with Gasteiger partial charge in [0, 0.05) is 0 Å². The average molecular weight is 243 g/mol. The highest BCUT2D eigenvalue weighted by atomic mass is 19.4. The molecule has 0 aliphatic carbocycles. The van der Waals surface area contributed by atoms with E-state index in [9.17, 15) is 13.2 Å². The van der Waals surface area contributed by atoms with Gasteiger partial charge in [-0.05, 0) is 18.2 Å². The molecule has 1 aromatic carbocycles. The van der Waals surface area contributed by atoms with Crippen LogP contribution in [0.25, 0.3) is 0 Å². The Morgan fingerprint density at radius 3 is 2.71 bits per heavy atom. The Morgan fingerprint density at radius 1 is 1.47 bits per heavy atom. The predicted molar refractivity (Wildman–Crippen MR) is 55.3 cm³/mol. The first-order valence-corrected chi connectivity index (χ1v) is 4.42. The van der Waals surface area contributed by atoms with Crippen molar-refractivity contribution in [2.24, 2.45) is 5.10 Å². The van der Waals surface area contributed by atoms with Crippen LogP contribution >= 0.6 is 0 Å². The lowest BCUT2D eigenvalue weighted by Gasteiger charge is -2.08. The molecule has 0 aliphatic heterocycles. The first-order valence-electron chi connectivity index (χ1n) is 4.42. The summed E-state index contributed by atoms with van der Waals surface area (Å²) in [6.45, 7) is 0. The van der Waals surface area contributed by atoms with E-state index in [1.807, 2.05) is 6.07 Å². The zero-order valence-corrected chi connectivity index (χ0v) is 8.75. The molecule has 0 spiro atoms. The molecule has 0 saturated carbocycles. The van der Waals surface area contributed by atoms with Gasteiger partial charge in [0.2, 0.25) is 0 Å². The van der Waals surface area contributed by atoms with Gasteiger partial charge in [-0.15, -0.1) is 5.10 Å². The van der Waals surface area contributed by atoms with Crippen LogP contribution in [0.2, 0.25) is 0 Å². The van der Waals surface area contributed by atoms with E-state index in [-0.39, 0.29) is 5.69 Å². The second kappa shape index (κ2) is 5.21. The van der Waals surface area contributed by atoms with Crippen LogP contribution < -0.4 is 5.43 Å². The number of hydrogen-bond donors (Lipinski definition) is 1. The Morgan fingerprint density at radius 2 is 2.18 bits per heavy atom. The predicted octanol–water partition coefficient (Wildman–Crippen LogP) is 2.49. The normalized spacial score (nSPS) is 11.8. The molecule has 1 N–H and O–H groups in total. The van der Waals surface area contributed by atoms with Gasteiger partial charge >= 0.3 is 12.1 Å². The number of hydrogen-bond acceptors (Lipinski definition) is 4. The molecule has 0 saturated heterocycles. The van der Waals surface area contributed by atoms with Gasteiger partial charge in [-0.1, -0.05) is 6.07 Å². The monoisotopic (exact) mass is 243 g/mol. The summed E-state index contributed by atoms with van der Waals surface area (Å²) in [5, 5.41) is 11.7. The third-order valence-corrected chi connectivity index (χ3v) is 1.71. The maximum absolute atomic E-state index is 12.2. The maximum Gasteiger partial charge on any atom is 0.470 e. The van der Waals surface area contributed by atoms with Crippen LogP contribution in [0.3, 0.4) is 0 Å². The molecule has 0 aliphatic rings. The van der Waals surface area contributed by atoms with E-state index in [2.05, 4.69) is 15.3 Å². The minimum atomic E-state index is -4.66. The van der Waals surface area contributed by atoms with Crippen molar-refractivity contribution in [2.45, 2.75) is 6.18 Å². The van der Waals surface area contributed by atoms with Gasteiger partial charge in [0.15, 0.2) is 0 Å². The third-order valence-electron chi connectivity index (χ3n) is 1.71. The average Bonchev–Trinajstić information content (AvgIpc) is 2.28. The zero-order chi connectivity index (χ0) is 12.9. The molecule has 0 radical (unpaired) electrons. The first kappa shape index (κ1) is 12.8. The number of benzene rings is 1. The Labute approximate surface area is 95.3 Å². The first-order chi connectivity index (χ1) is 7.97. The number of nitrogens with zero attached hydrogens (tertiary/aromatic N) is 2. The fraction of sp³-hybridized carbons (Fsp3) is 0.200. The Hall–Kier alpha value is -2.23. The van der Waals surface area contributed by atoms with Crippen LogP contribution in [0.1, 0.15) is 5.56 Å². The van der Waals surface area contributed by atoms with E-state index in [1.165, 1.54) is 24.3 Å². The largest absolute Gasteiger partial charge is 0.477 e. The number of hydrazone groups is 1. The fourth-order valence-electron chi connectivity index (χ4n) is 0.998. The van der Waals surface area contributed by atoms with Crippen molar-refractivity contribution in [3.8, 4) is 6.07 Å². The summed E-state index contributed by atoms with van der Waals surface area (Å²) in [5.41, 5.74) is 2.75. The summed E-state index contributed by atoms with van der Waals surface area (Å²) in [5.74, 6) is -1.39. The summed E-state index contributed by atoms with van der Waals surface area (Å²) >= 11 is 0. The molecule has 0 bridgehead atoms. The van der Waals surface area contributed by atoms with E-state index in [1.54, 1.807) is 0 Å². The lowest BCUT2D eigenvalue weighted by atomic mass is 10.2. The van der Waals surface area contributed by atoms with Crippen LogP contribution in [-0.2, 0) is 4.74 Å². The van der Waals surface area contributed by atoms with E-state index in [0.29, 0.717) is 5.56 Å². The SMILES string of the molecule is CO/C(=N\Nc1cccc(C#N)c1)C(F)(F)F. The van der Waals surface area contributed by atoms with E-state index >= 15 is 0 Å². The minimum Gasteiger partial charge on any atom is -0.477 e. The molecule has 0 amide bonds. The van der Waals surface area contributed by atoms with Crippen LogP contribution in [0, 0.1) is 11.3 Å². The van der Waals surface area contributed by atoms with Gasteiger partial charge in [-0.3, -0.25) is 5.43 Å². The fourth-order valence-corrected chi connectivity index (χ4v) is 0.998. The molecule has 0 atom stereocenters. The molecule has 0 heterocycles. The van der Waals surface area contributed by atoms with Crippen molar-refractivity contribution in [1.29, 1.82) is 5.26 Å². The van der Waals surface area contributed by atoms with Gasteiger partial charge in [-0.25, -0.2) is 0 Å². The van der Waals surface area contributed by atoms with Crippen molar-refractivity contribution < 1.29 is 17.9 Å². The van der Waals surface area contributed by atoms with E-state index < -0.39 is 12.1 Å². The molecule has 1 aromatic rings. The van der Waals surface area contributed by atoms with Crippen LogP contribution in [-0.4, -0.2) is 19.2 Å². The summed E-state index contributed by atoms with van der Waals surface area (Å²) < 4.78 is 40.8. The lowest BCUT2D eigenvalue weighted by molar-refractivity contribution is -0.0756. The Balaban J connectivity index is 2.85. The van der Waals surface area contributed by atoms with Gasteiger partial charge in [0.25, 0.3) is 0 Å². The number of nitrogens with one attached hydrogen (secondary N) is 1.